The van der Waals surface area contributed by atoms with Gasteiger partial charge in [-0.3, -0.25) is 15.1 Å². The number of hydrogen-bond donors (Lipinski definition) is 3. The molecule has 0 saturated carbocycles. The monoisotopic (exact) mass is 573 g/mol. The summed E-state index contributed by atoms with van der Waals surface area (Å²) in [5, 5.41) is 31.0. The van der Waals surface area contributed by atoms with E-state index in [1.54, 1.807) is 24.4 Å². The predicted octanol–water partition coefficient (Wildman–Crippen LogP) is 5.40. The van der Waals surface area contributed by atoms with Crippen LogP contribution in [0.5, 0.6) is 11.5 Å². The zero-order valence-electron chi connectivity index (χ0n) is 22.9. The average Bonchev–Trinajstić information content (AvgIpc) is 2.97. The number of carboxylic acids is 1. The normalized spacial score (nSPS) is 16.4. The number of allylic oxidation sites excluding steroid dienone is 3. The van der Waals surface area contributed by atoms with Crippen molar-refractivity contribution in [1.29, 1.82) is 5.26 Å². The molecule has 1 aliphatic rings. The van der Waals surface area contributed by atoms with E-state index >= 15 is 0 Å². The Morgan fingerprint density at radius 3 is 2.66 bits per heavy atom. The fourth-order valence-electron chi connectivity index (χ4n) is 4.68. The Labute approximate surface area is 244 Å². The Balaban J connectivity index is 1.55. The van der Waals surface area contributed by atoms with Crippen LogP contribution in [0.4, 0.5) is 0 Å². The van der Waals surface area contributed by atoms with Crippen LogP contribution in [0.25, 0.3) is 5.57 Å². The minimum absolute atomic E-state index is 0.0603. The van der Waals surface area contributed by atoms with E-state index in [4.69, 9.17) is 21.1 Å². The van der Waals surface area contributed by atoms with Gasteiger partial charge in [0.15, 0.2) is 0 Å². The molecule has 0 aliphatic heterocycles. The summed E-state index contributed by atoms with van der Waals surface area (Å²) in [6, 6.07) is 16.2. The van der Waals surface area contributed by atoms with E-state index in [0.29, 0.717) is 39.8 Å². The minimum Gasteiger partial charge on any atom is -0.491 e. The van der Waals surface area contributed by atoms with Crippen LogP contribution in [-0.2, 0) is 17.9 Å². The van der Waals surface area contributed by atoms with Crippen molar-refractivity contribution in [2.24, 2.45) is 11.3 Å². The van der Waals surface area contributed by atoms with Gasteiger partial charge in [-0.15, -0.1) is 0 Å². The summed E-state index contributed by atoms with van der Waals surface area (Å²) in [6.07, 6.45) is 9.39. The third kappa shape index (κ3) is 7.33. The van der Waals surface area contributed by atoms with Gasteiger partial charge in [-0.05, 0) is 28.7 Å². The molecule has 0 bridgehead atoms. The Morgan fingerprint density at radius 1 is 1.17 bits per heavy atom. The number of aliphatic carboxylic acids is 1. The number of aliphatic hydroxyl groups is 1. The number of benzene rings is 2. The molecule has 0 fully saturated rings. The van der Waals surface area contributed by atoms with Gasteiger partial charge in [0, 0.05) is 42.0 Å². The molecule has 41 heavy (non-hydrogen) atoms. The number of pyridine rings is 1. The Bertz CT molecular complexity index is 1480. The van der Waals surface area contributed by atoms with Crippen LogP contribution in [0.3, 0.4) is 0 Å². The van der Waals surface area contributed by atoms with Gasteiger partial charge in [0.1, 0.15) is 30.2 Å². The number of rotatable bonds is 12. The molecule has 2 aromatic carbocycles. The molecule has 0 saturated heterocycles. The van der Waals surface area contributed by atoms with Gasteiger partial charge in [-0.1, -0.05) is 74.0 Å². The van der Waals surface area contributed by atoms with E-state index in [9.17, 15) is 20.3 Å². The molecule has 0 amide bonds. The standard InChI is InChI=1S/C32H32ClN3O5/c1-32(2)25(9-6-10-26(32)23-7-4-3-5-8-23)20-41-30-13-29(40-19-22-11-21(14-34)15-35-16-22)24(12-27(30)33)17-36-28(18-37)31(38)39/h3-13,15-16,25,28,36-37H,17-20H2,1-2H3,(H,38,39). The van der Waals surface area contributed by atoms with E-state index in [2.05, 4.69) is 60.6 Å². The van der Waals surface area contributed by atoms with Gasteiger partial charge >= 0.3 is 5.97 Å². The van der Waals surface area contributed by atoms with Crippen LogP contribution in [0.15, 0.2) is 79.2 Å². The van der Waals surface area contributed by atoms with Crippen LogP contribution in [0.1, 0.15) is 36.1 Å². The first-order valence-electron chi connectivity index (χ1n) is 13.2. The second-order valence-corrected chi connectivity index (χ2v) is 10.7. The molecular formula is C32H32ClN3O5. The number of hydrogen-bond acceptors (Lipinski definition) is 7. The number of aliphatic hydroxyl groups excluding tert-OH is 1. The molecule has 2 unspecified atom stereocenters. The highest BCUT2D eigenvalue weighted by Crippen LogP contribution is 2.45. The van der Waals surface area contributed by atoms with Crippen molar-refractivity contribution in [3.8, 4) is 17.6 Å². The summed E-state index contributed by atoms with van der Waals surface area (Å²) in [4.78, 5) is 15.5. The van der Waals surface area contributed by atoms with E-state index in [1.165, 1.54) is 11.8 Å². The van der Waals surface area contributed by atoms with Gasteiger partial charge < -0.3 is 19.7 Å². The van der Waals surface area contributed by atoms with Crippen LogP contribution < -0.4 is 14.8 Å². The molecule has 1 aliphatic carbocycles. The Hall–Kier alpha value is -4.16. The maximum atomic E-state index is 11.4. The molecule has 3 N–H and O–H groups in total. The molecule has 8 nitrogen and oxygen atoms in total. The molecule has 0 radical (unpaired) electrons. The van der Waals surface area contributed by atoms with Crippen LogP contribution in [-0.4, -0.2) is 40.4 Å². The van der Waals surface area contributed by atoms with Crippen molar-refractivity contribution in [2.75, 3.05) is 13.2 Å². The van der Waals surface area contributed by atoms with Gasteiger partial charge in [0.05, 0.1) is 23.8 Å². The molecule has 3 aromatic rings. The molecule has 1 aromatic heterocycles. The van der Waals surface area contributed by atoms with Crippen molar-refractivity contribution in [3.63, 3.8) is 0 Å². The summed E-state index contributed by atoms with van der Waals surface area (Å²) in [5.41, 5.74) is 3.85. The third-order valence-corrected chi connectivity index (χ3v) is 7.48. The van der Waals surface area contributed by atoms with Crippen molar-refractivity contribution in [2.45, 2.75) is 33.0 Å². The number of nitrogens with zero attached hydrogens (tertiary/aromatic N) is 2. The summed E-state index contributed by atoms with van der Waals surface area (Å²) in [6.45, 7) is 4.37. The summed E-state index contributed by atoms with van der Waals surface area (Å²) in [7, 11) is 0. The van der Waals surface area contributed by atoms with Gasteiger partial charge in [0.25, 0.3) is 0 Å². The average molecular weight is 574 g/mol. The minimum atomic E-state index is -1.17. The molecule has 9 heteroatoms. The SMILES string of the molecule is CC1(C)C(c2ccccc2)=CC=CC1COc1cc(OCc2cncc(C#N)c2)c(CNC(CO)C(=O)O)cc1Cl. The molecule has 2 atom stereocenters. The van der Waals surface area contributed by atoms with Crippen LogP contribution >= 0.6 is 11.6 Å². The topological polar surface area (TPSA) is 125 Å². The quantitative estimate of drug-likeness (QED) is 0.263. The molecule has 4 rings (SSSR count). The molecule has 1 heterocycles. The number of nitrogens with one attached hydrogen (secondary N) is 1. The van der Waals surface area contributed by atoms with Gasteiger partial charge in [-0.2, -0.15) is 5.26 Å². The van der Waals surface area contributed by atoms with Crippen LogP contribution in [0.2, 0.25) is 5.02 Å². The highest BCUT2D eigenvalue weighted by molar-refractivity contribution is 6.32. The Morgan fingerprint density at radius 2 is 1.95 bits per heavy atom. The fraction of sp³-hybridized carbons (Fsp3) is 0.281. The first-order valence-corrected chi connectivity index (χ1v) is 13.5. The maximum absolute atomic E-state index is 11.4. The zero-order valence-corrected chi connectivity index (χ0v) is 23.6. The fourth-order valence-corrected chi connectivity index (χ4v) is 4.92. The zero-order chi connectivity index (χ0) is 29.4. The number of halogens is 1. The van der Waals surface area contributed by atoms with Crippen molar-refractivity contribution >= 4 is 23.1 Å². The molecule has 0 spiro atoms. The van der Waals surface area contributed by atoms with E-state index in [1.807, 2.05) is 18.2 Å². The lowest BCUT2D eigenvalue weighted by Gasteiger charge is -2.37. The second-order valence-electron chi connectivity index (χ2n) is 10.3. The number of carbonyl (C=O) groups is 1. The lowest BCUT2D eigenvalue weighted by Crippen LogP contribution is -2.39. The lowest BCUT2D eigenvalue weighted by molar-refractivity contribution is -0.140. The van der Waals surface area contributed by atoms with Crippen molar-refractivity contribution < 1.29 is 24.5 Å². The van der Waals surface area contributed by atoms with Gasteiger partial charge in [0.2, 0.25) is 0 Å². The van der Waals surface area contributed by atoms with E-state index in [0.717, 1.165) is 5.56 Å². The highest BCUT2D eigenvalue weighted by atomic mass is 35.5. The van der Waals surface area contributed by atoms with Crippen molar-refractivity contribution in [1.82, 2.24) is 10.3 Å². The lowest BCUT2D eigenvalue weighted by atomic mass is 9.68. The molecule has 212 valence electrons. The van der Waals surface area contributed by atoms with E-state index in [-0.39, 0.29) is 24.5 Å². The predicted molar refractivity (Wildman–Crippen MR) is 156 cm³/mol. The molecular weight excluding hydrogens is 542 g/mol. The van der Waals surface area contributed by atoms with Gasteiger partial charge in [-0.25, -0.2) is 0 Å². The first-order chi connectivity index (χ1) is 19.7. The summed E-state index contributed by atoms with van der Waals surface area (Å²) < 4.78 is 12.4. The smallest absolute Gasteiger partial charge is 0.323 e. The number of ether oxygens (including phenoxy) is 2. The highest BCUT2D eigenvalue weighted by Gasteiger charge is 2.34. The largest absolute Gasteiger partial charge is 0.491 e. The number of carboxylic acid groups (broad SMARTS) is 1. The first kappa shape index (κ1) is 29.8. The summed E-state index contributed by atoms with van der Waals surface area (Å²) in [5.74, 6) is -0.270. The van der Waals surface area contributed by atoms with E-state index < -0.39 is 18.6 Å². The summed E-state index contributed by atoms with van der Waals surface area (Å²) >= 11 is 6.63. The number of aromatic nitrogens is 1. The Kier molecular flexibility index (Phi) is 9.79. The van der Waals surface area contributed by atoms with Crippen molar-refractivity contribution in [3.05, 3.63) is 106 Å². The van der Waals surface area contributed by atoms with Crippen LogP contribution in [0, 0.1) is 22.7 Å². The second kappa shape index (κ2) is 13.5. The third-order valence-electron chi connectivity index (χ3n) is 7.18. The number of nitriles is 1. The maximum Gasteiger partial charge on any atom is 0.323 e.